The minimum atomic E-state index is -3.77. The van der Waals surface area contributed by atoms with E-state index in [1.165, 1.54) is 8.87 Å². The molecule has 0 saturated carbocycles. The zero-order valence-corrected chi connectivity index (χ0v) is 21.1. The number of aromatic nitrogens is 4. The first-order chi connectivity index (χ1) is 16.9. The fraction of sp³-hybridized carbons (Fsp3) is 0.148. The van der Waals surface area contributed by atoms with E-state index in [1.807, 2.05) is 25.4 Å². The first-order valence-electron chi connectivity index (χ1n) is 11.1. The SMILES string of the molecule is CSc1ccc(Cc2ncc(Cc3cn(S(=O)(=O)c4ccccc4)c4ncc(C)cc34)cn2)cc1. The van der Waals surface area contributed by atoms with Gasteiger partial charge < -0.3 is 0 Å². The van der Waals surface area contributed by atoms with Crippen molar-refractivity contribution in [1.29, 1.82) is 0 Å². The molecule has 176 valence electrons. The van der Waals surface area contributed by atoms with Gasteiger partial charge in [0.1, 0.15) is 5.82 Å². The molecule has 0 aliphatic rings. The smallest absolute Gasteiger partial charge is 0.241 e. The van der Waals surface area contributed by atoms with E-state index < -0.39 is 10.0 Å². The maximum absolute atomic E-state index is 13.4. The average Bonchev–Trinajstić information content (AvgIpc) is 3.24. The van der Waals surface area contributed by atoms with Crippen molar-refractivity contribution in [3.05, 3.63) is 114 Å². The Hall–Kier alpha value is -3.49. The van der Waals surface area contributed by atoms with Crippen molar-refractivity contribution in [2.24, 2.45) is 0 Å². The molecule has 0 spiro atoms. The van der Waals surface area contributed by atoms with Crippen LogP contribution in [0.15, 0.2) is 95.2 Å². The Labute approximate surface area is 209 Å². The van der Waals surface area contributed by atoms with Gasteiger partial charge in [-0.25, -0.2) is 27.3 Å². The van der Waals surface area contributed by atoms with Gasteiger partial charge in [-0.3, -0.25) is 0 Å². The highest BCUT2D eigenvalue weighted by atomic mass is 32.2. The summed E-state index contributed by atoms with van der Waals surface area (Å²) >= 11 is 1.71. The molecule has 0 N–H and O–H groups in total. The van der Waals surface area contributed by atoms with E-state index in [-0.39, 0.29) is 4.90 Å². The molecule has 0 aliphatic heterocycles. The molecule has 2 aromatic carbocycles. The number of rotatable bonds is 7. The third kappa shape index (κ3) is 4.85. The fourth-order valence-electron chi connectivity index (χ4n) is 3.99. The van der Waals surface area contributed by atoms with E-state index in [2.05, 4.69) is 45.5 Å². The monoisotopic (exact) mass is 500 g/mol. The van der Waals surface area contributed by atoms with Crippen LogP contribution in [0.1, 0.15) is 28.1 Å². The maximum atomic E-state index is 13.4. The van der Waals surface area contributed by atoms with E-state index in [4.69, 9.17) is 0 Å². The number of aryl methyl sites for hydroxylation is 1. The third-order valence-corrected chi connectivity index (χ3v) is 8.21. The Morgan fingerprint density at radius 2 is 1.57 bits per heavy atom. The first-order valence-corrected chi connectivity index (χ1v) is 13.8. The molecule has 8 heteroatoms. The first kappa shape index (κ1) is 23.3. The molecule has 0 atom stereocenters. The molecular weight excluding hydrogens is 476 g/mol. The molecule has 0 unspecified atom stereocenters. The van der Waals surface area contributed by atoms with Gasteiger partial charge in [-0.1, -0.05) is 30.3 Å². The summed E-state index contributed by atoms with van der Waals surface area (Å²) < 4.78 is 28.0. The summed E-state index contributed by atoms with van der Waals surface area (Å²) in [6.07, 6.45) is 10.2. The minimum Gasteiger partial charge on any atom is -0.241 e. The van der Waals surface area contributed by atoms with Crippen molar-refractivity contribution in [3.63, 3.8) is 0 Å². The molecule has 6 nitrogen and oxygen atoms in total. The molecule has 5 aromatic rings. The number of nitrogens with zero attached hydrogens (tertiary/aromatic N) is 4. The molecule has 0 bridgehead atoms. The Morgan fingerprint density at radius 1 is 0.857 bits per heavy atom. The highest BCUT2D eigenvalue weighted by Crippen LogP contribution is 2.27. The Morgan fingerprint density at radius 3 is 2.26 bits per heavy atom. The van der Waals surface area contributed by atoms with Crippen LogP contribution in [0.4, 0.5) is 0 Å². The summed E-state index contributed by atoms with van der Waals surface area (Å²) in [6.45, 7) is 1.95. The third-order valence-electron chi connectivity index (χ3n) is 5.81. The van der Waals surface area contributed by atoms with Crippen molar-refractivity contribution >= 4 is 32.8 Å². The van der Waals surface area contributed by atoms with Crippen molar-refractivity contribution in [3.8, 4) is 0 Å². The van der Waals surface area contributed by atoms with Gasteiger partial charge in [-0.2, -0.15) is 0 Å². The molecule has 0 amide bonds. The second-order valence-corrected chi connectivity index (χ2v) is 11.1. The fourth-order valence-corrected chi connectivity index (χ4v) is 5.76. The molecule has 0 fully saturated rings. The lowest BCUT2D eigenvalue weighted by Crippen LogP contribution is -2.12. The van der Waals surface area contributed by atoms with Crippen LogP contribution in [-0.4, -0.2) is 33.6 Å². The number of benzene rings is 2. The van der Waals surface area contributed by atoms with Crippen molar-refractivity contribution < 1.29 is 8.42 Å². The van der Waals surface area contributed by atoms with Crippen molar-refractivity contribution in [2.45, 2.75) is 29.6 Å². The second kappa shape index (κ2) is 9.64. The molecule has 0 radical (unpaired) electrons. The molecular formula is C27H24N4O2S2. The Kier molecular flexibility index (Phi) is 6.40. The van der Waals surface area contributed by atoms with Gasteiger partial charge in [0.05, 0.1) is 4.90 Å². The molecule has 0 saturated heterocycles. The lowest BCUT2D eigenvalue weighted by molar-refractivity contribution is 0.588. The van der Waals surface area contributed by atoms with Gasteiger partial charge in [0.2, 0.25) is 0 Å². The van der Waals surface area contributed by atoms with Gasteiger partial charge in [-0.05, 0) is 65.8 Å². The van der Waals surface area contributed by atoms with Gasteiger partial charge >= 0.3 is 0 Å². The largest absolute Gasteiger partial charge is 0.269 e. The van der Waals surface area contributed by atoms with E-state index in [1.54, 1.807) is 54.5 Å². The molecule has 5 rings (SSSR count). The van der Waals surface area contributed by atoms with Gasteiger partial charge in [0, 0.05) is 47.9 Å². The summed E-state index contributed by atoms with van der Waals surface area (Å²) in [5.41, 5.74) is 4.31. The number of thioether (sulfide) groups is 1. The van der Waals surface area contributed by atoms with Crippen LogP contribution >= 0.6 is 11.8 Å². The highest BCUT2D eigenvalue weighted by molar-refractivity contribution is 7.98. The van der Waals surface area contributed by atoms with Crippen LogP contribution in [0.3, 0.4) is 0 Å². The molecule has 35 heavy (non-hydrogen) atoms. The Bertz CT molecular complexity index is 1580. The van der Waals surface area contributed by atoms with Crippen LogP contribution in [0, 0.1) is 6.92 Å². The lowest BCUT2D eigenvalue weighted by atomic mass is 10.1. The predicted octanol–water partition coefficient (Wildman–Crippen LogP) is 5.28. The number of hydrogen-bond donors (Lipinski definition) is 0. The average molecular weight is 501 g/mol. The summed E-state index contributed by atoms with van der Waals surface area (Å²) in [5, 5.41) is 0.808. The van der Waals surface area contributed by atoms with Crippen molar-refractivity contribution in [2.75, 3.05) is 6.26 Å². The standard InChI is InChI=1S/C27H24N4O2S2/c1-19-12-25-22(18-31(27(25)30-15-19)35(32,33)24-6-4-3-5-7-24)13-21-16-28-26(29-17-21)14-20-8-10-23(34-2)11-9-20/h3-12,15-18H,13-14H2,1-2H3. The maximum Gasteiger partial charge on any atom is 0.269 e. The van der Waals surface area contributed by atoms with Crippen LogP contribution in [0.25, 0.3) is 11.0 Å². The summed E-state index contributed by atoms with van der Waals surface area (Å²) in [4.78, 5) is 15.0. The lowest BCUT2D eigenvalue weighted by Gasteiger charge is -2.06. The molecule has 0 aliphatic carbocycles. The van der Waals surface area contributed by atoms with Crippen molar-refractivity contribution in [1.82, 2.24) is 18.9 Å². The van der Waals surface area contributed by atoms with Crippen LogP contribution < -0.4 is 0 Å². The zero-order chi connectivity index (χ0) is 24.4. The summed E-state index contributed by atoms with van der Waals surface area (Å²) in [5.74, 6) is 0.747. The van der Waals surface area contributed by atoms with E-state index in [0.717, 1.165) is 33.5 Å². The van der Waals surface area contributed by atoms with Crippen LogP contribution in [0.5, 0.6) is 0 Å². The molecule has 3 aromatic heterocycles. The Balaban J connectivity index is 1.45. The number of pyridine rings is 1. The number of hydrogen-bond acceptors (Lipinski definition) is 6. The molecule has 3 heterocycles. The minimum absolute atomic E-state index is 0.226. The quantitative estimate of drug-likeness (QED) is 0.283. The van der Waals surface area contributed by atoms with Gasteiger partial charge in [-0.15, -0.1) is 11.8 Å². The second-order valence-electron chi connectivity index (χ2n) is 8.36. The van der Waals surface area contributed by atoms with E-state index >= 15 is 0 Å². The highest BCUT2D eigenvalue weighted by Gasteiger charge is 2.22. The summed E-state index contributed by atoms with van der Waals surface area (Å²) in [6, 6.07) is 18.8. The summed E-state index contributed by atoms with van der Waals surface area (Å²) in [7, 11) is -3.77. The number of fused-ring (bicyclic) bond motifs is 1. The van der Waals surface area contributed by atoms with Crippen LogP contribution in [0.2, 0.25) is 0 Å². The topological polar surface area (TPSA) is 77.7 Å². The zero-order valence-electron chi connectivity index (χ0n) is 19.4. The van der Waals surface area contributed by atoms with E-state index in [0.29, 0.717) is 18.5 Å². The van der Waals surface area contributed by atoms with Gasteiger partial charge in [0.25, 0.3) is 10.0 Å². The van der Waals surface area contributed by atoms with Crippen LogP contribution in [-0.2, 0) is 22.9 Å². The normalized spacial score (nSPS) is 11.7. The predicted molar refractivity (Wildman–Crippen MR) is 139 cm³/mol. The van der Waals surface area contributed by atoms with E-state index in [9.17, 15) is 8.42 Å². The van der Waals surface area contributed by atoms with Gasteiger partial charge in [0.15, 0.2) is 5.65 Å².